The Morgan fingerprint density at radius 1 is 1.83 bits per heavy atom. The Hall–Kier alpha value is -0.500. The molecule has 0 heterocycles. The number of hydrogen-bond donors (Lipinski definition) is 1. The first kappa shape index (κ1) is 9.09. The van der Waals surface area contributed by atoms with Crippen molar-refractivity contribution in [2.75, 3.05) is 0 Å². The Balaban J connectivity index is 0. The molecule has 0 aromatic rings. The lowest BCUT2D eigenvalue weighted by Crippen LogP contribution is -1.49. The van der Waals surface area contributed by atoms with Crippen molar-refractivity contribution in [2.24, 2.45) is 0 Å². The quantitative estimate of drug-likeness (QED) is 0.472. The van der Waals surface area contributed by atoms with Gasteiger partial charge >= 0.3 is 0 Å². The van der Waals surface area contributed by atoms with Crippen molar-refractivity contribution in [1.29, 1.82) is 0 Å². The van der Waals surface area contributed by atoms with Crippen LogP contribution in [0.4, 0.5) is 0 Å². The van der Waals surface area contributed by atoms with Crippen molar-refractivity contribution in [3.63, 3.8) is 0 Å². The van der Waals surface area contributed by atoms with Gasteiger partial charge in [-0.1, -0.05) is 18.2 Å². The highest BCUT2D eigenvalue weighted by Gasteiger charge is 1.22. The van der Waals surface area contributed by atoms with Crippen LogP contribution >= 0.6 is 11.6 Å². The zero-order valence-corrected chi connectivity index (χ0v) is 3.85. The molecule has 3 heteroatoms. The fraction of sp³-hybridized carbons (Fsp3) is 0. The Morgan fingerprint density at radius 3 is 1.83 bits per heavy atom. The average Bonchev–Trinajstić information content (AvgIpc) is 1.39. The van der Waals surface area contributed by atoms with Gasteiger partial charge < -0.3 is 5.11 Å². The maximum atomic E-state index is 8.36. The maximum Gasteiger partial charge on any atom is 0.290 e. The molecule has 0 amide bonds. The molecule has 0 rings (SSSR count). The molecule has 0 atom stereocenters. The zero-order valence-electron chi connectivity index (χ0n) is 3.10. The molecule has 0 radical (unpaired) electrons. The topological polar surface area (TPSA) is 37.3 Å². The number of rotatable bonds is 0. The Labute approximate surface area is 41.0 Å². The SMILES string of the molecule is C=CCl.O=CO. The normalized spacial score (nSPS) is 4.17. The summed E-state index contributed by atoms with van der Waals surface area (Å²) in [6.07, 6.45) is 0. The van der Waals surface area contributed by atoms with E-state index < -0.39 is 0 Å². The standard InChI is InChI=1S/C2H3Cl.CH2O2/c1-2-3;2-1-3/h2H,1H2;1H,(H,2,3). The molecule has 2 nitrogen and oxygen atoms in total. The van der Waals surface area contributed by atoms with E-state index in [0.29, 0.717) is 0 Å². The van der Waals surface area contributed by atoms with Crippen molar-refractivity contribution in [2.45, 2.75) is 0 Å². The van der Waals surface area contributed by atoms with Crippen LogP contribution in [0.25, 0.3) is 0 Å². The molecule has 0 aliphatic rings. The summed E-state index contributed by atoms with van der Waals surface area (Å²) in [4.78, 5) is 8.36. The van der Waals surface area contributed by atoms with Gasteiger partial charge in [0.2, 0.25) is 0 Å². The van der Waals surface area contributed by atoms with Gasteiger partial charge in [-0.15, -0.1) is 0 Å². The van der Waals surface area contributed by atoms with Crippen LogP contribution < -0.4 is 0 Å². The Morgan fingerprint density at radius 2 is 1.83 bits per heavy atom. The second-order valence-corrected chi connectivity index (χ2v) is 0.568. The van der Waals surface area contributed by atoms with Crippen LogP contribution in [0.15, 0.2) is 12.1 Å². The summed E-state index contributed by atoms with van der Waals surface area (Å²) >= 11 is 4.76. The number of carboxylic acid groups (broad SMARTS) is 1. The van der Waals surface area contributed by atoms with Crippen molar-refractivity contribution in [3.05, 3.63) is 12.1 Å². The number of hydrogen-bond acceptors (Lipinski definition) is 1. The first-order chi connectivity index (χ1) is 2.83. The fourth-order valence-corrected chi connectivity index (χ4v) is 0. The number of halogens is 1. The van der Waals surface area contributed by atoms with Crippen LogP contribution in [-0.4, -0.2) is 11.6 Å². The van der Waals surface area contributed by atoms with Gasteiger partial charge in [-0.05, 0) is 5.54 Å². The van der Waals surface area contributed by atoms with E-state index in [1.807, 2.05) is 0 Å². The average molecular weight is 109 g/mol. The lowest BCUT2D eigenvalue weighted by molar-refractivity contribution is -0.122. The van der Waals surface area contributed by atoms with E-state index in [0.717, 1.165) is 0 Å². The molecule has 1 N–H and O–H groups in total. The zero-order chi connectivity index (χ0) is 5.41. The minimum absolute atomic E-state index is 0.250. The summed E-state index contributed by atoms with van der Waals surface area (Å²) in [5.74, 6) is 0. The van der Waals surface area contributed by atoms with Gasteiger partial charge in [-0.25, -0.2) is 0 Å². The van der Waals surface area contributed by atoms with Gasteiger partial charge in [0, 0.05) is 0 Å². The smallest absolute Gasteiger partial charge is 0.290 e. The minimum Gasteiger partial charge on any atom is -0.483 e. The third-order valence-electron chi connectivity index (χ3n) is 0. The lowest BCUT2D eigenvalue weighted by atomic mass is 11.3. The highest BCUT2D eigenvalue weighted by molar-refractivity contribution is 6.25. The molecule has 0 aromatic heterocycles. The van der Waals surface area contributed by atoms with Gasteiger partial charge in [0.05, 0.1) is 0 Å². The van der Waals surface area contributed by atoms with Crippen LogP contribution in [-0.2, 0) is 4.79 Å². The molecule has 36 valence electrons. The molecule has 0 fully saturated rings. The third-order valence-corrected chi connectivity index (χ3v) is 0. The molecule has 0 aliphatic carbocycles. The van der Waals surface area contributed by atoms with E-state index in [-0.39, 0.29) is 6.47 Å². The van der Waals surface area contributed by atoms with Crippen molar-refractivity contribution in [1.82, 2.24) is 0 Å². The first-order valence-corrected chi connectivity index (χ1v) is 1.56. The molecule has 0 aromatic carbocycles. The van der Waals surface area contributed by atoms with E-state index in [1.54, 1.807) is 0 Å². The van der Waals surface area contributed by atoms with Crippen molar-refractivity contribution >= 4 is 18.1 Å². The molecule has 0 aliphatic heterocycles. The van der Waals surface area contributed by atoms with Crippen molar-refractivity contribution in [3.8, 4) is 0 Å². The van der Waals surface area contributed by atoms with Crippen LogP contribution in [0.1, 0.15) is 0 Å². The highest BCUT2D eigenvalue weighted by Crippen LogP contribution is 1.60. The monoisotopic (exact) mass is 108 g/mol. The summed E-state index contributed by atoms with van der Waals surface area (Å²) in [6.45, 7) is 2.88. The predicted octanol–water partition coefficient (Wildman–Crippen LogP) is 1.07. The molecule has 0 unspecified atom stereocenters. The molecule has 0 saturated carbocycles. The van der Waals surface area contributed by atoms with Gasteiger partial charge in [-0.2, -0.15) is 0 Å². The second-order valence-electron chi connectivity index (χ2n) is 0.260. The molecule has 0 saturated heterocycles. The largest absolute Gasteiger partial charge is 0.483 e. The van der Waals surface area contributed by atoms with Crippen LogP contribution in [0.3, 0.4) is 0 Å². The molecular weight excluding hydrogens is 103 g/mol. The first-order valence-electron chi connectivity index (χ1n) is 1.12. The van der Waals surface area contributed by atoms with Gasteiger partial charge in [0.15, 0.2) is 0 Å². The lowest BCUT2D eigenvalue weighted by Gasteiger charge is -1.34. The van der Waals surface area contributed by atoms with Gasteiger partial charge in [-0.3, -0.25) is 4.79 Å². The van der Waals surface area contributed by atoms with Crippen LogP contribution in [0.2, 0.25) is 0 Å². The van der Waals surface area contributed by atoms with E-state index in [9.17, 15) is 0 Å². The van der Waals surface area contributed by atoms with E-state index in [4.69, 9.17) is 21.5 Å². The molecule has 6 heavy (non-hydrogen) atoms. The van der Waals surface area contributed by atoms with Crippen molar-refractivity contribution < 1.29 is 9.90 Å². The van der Waals surface area contributed by atoms with E-state index in [2.05, 4.69) is 6.58 Å². The molecule has 0 spiro atoms. The van der Waals surface area contributed by atoms with E-state index >= 15 is 0 Å². The summed E-state index contributed by atoms with van der Waals surface area (Å²) in [6, 6.07) is 0. The Bertz CT molecular complexity index is 29.8. The Kier molecular flexibility index (Phi) is 37.1. The van der Waals surface area contributed by atoms with Crippen LogP contribution in [0, 0.1) is 0 Å². The predicted molar refractivity (Wildman–Crippen MR) is 24.7 cm³/mol. The molecule has 0 bridgehead atoms. The van der Waals surface area contributed by atoms with Gasteiger partial charge in [0.1, 0.15) is 0 Å². The second kappa shape index (κ2) is 24.5. The minimum atomic E-state index is -0.250. The maximum absolute atomic E-state index is 8.36. The fourth-order valence-electron chi connectivity index (χ4n) is 0. The summed E-state index contributed by atoms with van der Waals surface area (Å²) < 4.78 is 0. The summed E-state index contributed by atoms with van der Waals surface area (Å²) in [5.41, 5.74) is 1.22. The van der Waals surface area contributed by atoms with Gasteiger partial charge in [0.25, 0.3) is 6.47 Å². The summed E-state index contributed by atoms with van der Waals surface area (Å²) in [5, 5.41) is 6.89. The van der Waals surface area contributed by atoms with Crippen LogP contribution in [0.5, 0.6) is 0 Å². The molecular formula is C3H5ClO2. The third kappa shape index (κ3) is 87.5. The number of carbonyl (C=O) groups is 1. The summed E-state index contributed by atoms with van der Waals surface area (Å²) in [7, 11) is 0. The van der Waals surface area contributed by atoms with E-state index in [1.165, 1.54) is 5.54 Å². The highest BCUT2D eigenvalue weighted by atomic mass is 35.5.